The summed E-state index contributed by atoms with van der Waals surface area (Å²) in [5.41, 5.74) is 11.8. The van der Waals surface area contributed by atoms with E-state index in [0.717, 1.165) is 83.1 Å². The lowest BCUT2D eigenvalue weighted by atomic mass is 10.0. The predicted molar refractivity (Wildman–Crippen MR) is 226 cm³/mol. The van der Waals surface area contributed by atoms with Gasteiger partial charge in [0.1, 0.15) is 16.8 Å². The molecule has 0 atom stereocenters. The largest absolute Gasteiger partial charge is 0.456 e. The Labute approximate surface area is 322 Å². The molecule has 56 heavy (non-hydrogen) atoms. The highest BCUT2D eigenvalue weighted by Gasteiger charge is 2.17. The van der Waals surface area contributed by atoms with Crippen molar-refractivity contribution >= 4 is 43.9 Å². The van der Waals surface area contributed by atoms with Crippen LogP contribution in [0.4, 0.5) is 0 Å². The molecule has 0 saturated carbocycles. The Morgan fingerprint density at radius 2 is 0.839 bits per heavy atom. The number of aromatic nitrogens is 5. The number of para-hydroxylation sites is 1. The van der Waals surface area contributed by atoms with Gasteiger partial charge in [-0.2, -0.15) is 0 Å². The highest BCUT2D eigenvalue weighted by atomic mass is 16.3. The van der Waals surface area contributed by atoms with Crippen LogP contribution in [0.2, 0.25) is 0 Å². The molecule has 0 aliphatic carbocycles. The Hall–Kier alpha value is -7.70. The average molecular weight is 718 g/mol. The van der Waals surface area contributed by atoms with Crippen molar-refractivity contribution in [2.75, 3.05) is 0 Å². The molecule has 0 spiro atoms. The van der Waals surface area contributed by atoms with Crippen LogP contribution < -0.4 is 0 Å². The number of hydrogen-bond acceptors (Lipinski definition) is 5. The van der Waals surface area contributed by atoms with Gasteiger partial charge in [-0.25, -0.2) is 19.9 Å². The van der Waals surface area contributed by atoms with Crippen molar-refractivity contribution in [2.24, 2.45) is 0 Å². The standard InChI is InChI=1S/C50H31N5O/c1-3-10-32(11-4-1)34-17-21-36(22-18-34)47-52-48(37-23-19-35(20-24-37)33-12-5-2-6-13-33)54-49(53-47)38-25-27-41-42-28-26-39(31-46(42)56-45(41)30-38)55-44-16-8-7-14-40(44)43-15-9-29-51-50(43)55/h1-31H. The number of fused-ring (bicyclic) bond motifs is 6. The number of hydrogen-bond donors (Lipinski definition) is 0. The third kappa shape index (κ3) is 5.43. The van der Waals surface area contributed by atoms with Gasteiger partial charge in [-0.1, -0.05) is 133 Å². The van der Waals surface area contributed by atoms with Crippen LogP contribution in [0.15, 0.2) is 193 Å². The Kier molecular flexibility index (Phi) is 7.38. The van der Waals surface area contributed by atoms with E-state index in [9.17, 15) is 0 Å². The molecule has 11 aromatic rings. The molecule has 0 aliphatic rings. The summed E-state index contributed by atoms with van der Waals surface area (Å²) in [6.07, 6.45) is 1.84. The Morgan fingerprint density at radius 3 is 1.48 bits per heavy atom. The van der Waals surface area contributed by atoms with Gasteiger partial charge in [0.25, 0.3) is 0 Å². The third-order valence-electron chi connectivity index (χ3n) is 10.5. The van der Waals surface area contributed by atoms with Crippen molar-refractivity contribution in [3.05, 3.63) is 188 Å². The van der Waals surface area contributed by atoms with Crippen molar-refractivity contribution in [1.29, 1.82) is 0 Å². The summed E-state index contributed by atoms with van der Waals surface area (Å²) < 4.78 is 8.82. The zero-order valence-electron chi connectivity index (χ0n) is 30.0. The topological polar surface area (TPSA) is 69.6 Å². The van der Waals surface area contributed by atoms with Gasteiger partial charge in [-0.15, -0.1) is 0 Å². The molecule has 262 valence electrons. The molecule has 0 bridgehead atoms. The molecule has 6 heteroatoms. The Bertz CT molecular complexity index is 3070. The molecule has 7 aromatic carbocycles. The smallest absolute Gasteiger partial charge is 0.164 e. The van der Waals surface area contributed by atoms with Crippen LogP contribution in [0.3, 0.4) is 0 Å². The van der Waals surface area contributed by atoms with Gasteiger partial charge >= 0.3 is 0 Å². The molecule has 0 radical (unpaired) electrons. The lowest BCUT2D eigenvalue weighted by molar-refractivity contribution is 0.668. The van der Waals surface area contributed by atoms with E-state index in [0.29, 0.717) is 17.5 Å². The summed E-state index contributed by atoms with van der Waals surface area (Å²) >= 11 is 0. The maximum atomic E-state index is 6.61. The summed E-state index contributed by atoms with van der Waals surface area (Å²) in [6.45, 7) is 0. The van der Waals surface area contributed by atoms with Crippen molar-refractivity contribution in [3.63, 3.8) is 0 Å². The zero-order valence-corrected chi connectivity index (χ0v) is 30.0. The highest BCUT2D eigenvalue weighted by Crippen LogP contribution is 2.36. The first-order valence-electron chi connectivity index (χ1n) is 18.6. The first-order valence-corrected chi connectivity index (χ1v) is 18.6. The van der Waals surface area contributed by atoms with E-state index in [2.05, 4.69) is 162 Å². The summed E-state index contributed by atoms with van der Waals surface area (Å²) in [4.78, 5) is 19.9. The molecule has 6 nitrogen and oxygen atoms in total. The maximum Gasteiger partial charge on any atom is 0.164 e. The minimum Gasteiger partial charge on any atom is -0.456 e. The summed E-state index contributed by atoms with van der Waals surface area (Å²) in [7, 11) is 0. The van der Waals surface area contributed by atoms with Crippen LogP contribution in [0.5, 0.6) is 0 Å². The molecule has 0 N–H and O–H groups in total. The van der Waals surface area contributed by atoms with Gasteiger partial charge in [-0.3, -0.25) is 4.57 Å². The normalized spacial score (nSPS) is 11.6. The molecule has 11 rings (SSSR count). The third-order valence-corrected chi connectivity index (χ3v) is 10.5. The monoisotopic (exact) mass is 717 g/mol. The maximum absolute atomic E-state index is 6.61. The average Bonchev–Trinajstić information content (AvgIpc) is 3.82. The van der Waals surface area contributed by atoms with E-state index in [-0.39, 0.29) is 0 Å². The van der Waals surface area contributed by atoms with E-state index in [1.54, 1.807) is 0 Å². The number of rotatable bonds is 6. The van der Waals surface area contributed by atoms with Crippen molar-refractivity contribution in [1.82, 2.24) is 24.5 Å². The minimum atomic E-state index is 0.573. The Balaban J connectivity index is 1.02. The van der Waals surface area contributed by atoms with E-state index < -0.39 is 0 Å². The SMILES string of the molecule is c1ccc(-c2ccc(-c3nc(-c4ccc(-c5ccccc5)cc4)nc(-c4ccc5c(c4)oc4cc(-n6c7ccccc7c7cccnc76)ccc45)n3)cc2)cc1. The van der Waals surface area contributed by atoms with E-state index in [4.69, 9.17) is 24.4 Å². The van der Waals surface area contributed by atoms with Gasteiger partial charge in [0, 0.05) is 50.5 Å². The molecule has 0 unspecified atom stereocenters. The molecule has 0 amide bonds. The fourth-order valence-corrected chi connectivity index (χ4v) is 7.75. The predicted octanol–water partition coefficient (Wildman–Crippen LogP) is 12.6. The van der Waals surface area contributed by atoms with E-state index in [1.807, 2.05) is 30.5 Å². The Morgan fingerprint density at radius 1 is 0.357 bits per heavy atom. The minimum absolute atomic E-state index is 0.573. The lowest BCUT2D eigenvalue weighted by Crippen LogP contribution is -2.00. The van der Waals surface area contributed by atoms with Gasteiger partial charge in [0.15, 0.2) is 17.5 Å². The molecule has 0 saturated heterocycles. The van der Waals surface area contributed by atoms with Crippen LogP contribution in [-0.2, 0) is 0 Å². The van der Waals surface area contributed by atoms with Crippen LogP contribution >= 0.6 is 0 Å². The summed E-state index contributed by atoms with van der Waals surface area (Å²) in [6, 6.07) is 62.7. The lowest BCUT2D eigenvalue weighted by Gasteiger charge is -2.10. The second kappa shape index (κ2) is 13.0. The fraction of sp³-hybridized carbons (Fsp3) is 0. The van der Waals surface area contributed by atoms with Gasteiger partial charge in [-0.05, 0) is 64.7 Å². The first kappa shape index (κ1) is 31.8. The highest BCUT2D eigenvalue weighted by molar-refractivity contribution is 6.09. The van der Waals surface area contributed by atoms with E-state index >= 15 is 0 Å². The molecular weight excluding hydrogens is 687 g/mol. The van der Waals surface area contributed by atoms with Crippen LogP contribution in [-0.4, -0.2) is 24.5 Å². The molecule has 0 fully saturated rings. The molecule has 4 heterocycles. The van der Waals surface area contributed by atoms with Gasteiger partial charge < -0.3 is 4.42 Å². The van der Waals surface area contributed by atoms with E-state index in [1.165, 1.54) is 5.39 Å². The summed E-state index contributed by atoms with van der Waals surface area (Å²) in [5.74, 6) is 1.78. The van der Waals surface area contributed by atoms with Crippen molar-refractivity contribution in [2.45, 2.75) is 0 Å². The zero-order chi connectivity index (χ0) is 37.0. The van der Waals surface area contributed by atoms with Crippen molar-refractivity contribution in [3.8, 4) is 62.1 Å². The van der Waals surface area contributed by atoms with Crippen molar-refractivity contribution < 1.29 is 4.42 Å². The molecule has 0 aliphatic heterocycles. The number of pyridine rings is 1. The number of nitrogens with zero attached hydrogens (tertiary/aromatic N) is 5. The first-order chi connectivity index (χ1) is 27.7. The van der Waals surface area contributed by atoms with Gasteiger partial charge in [0.2, 0.25) is 0 Å². The van der Waals surface area contributed by atoms with Gasteiger partial charge in [0.05, 0.1) is 11.2 Å². The van der Waals surface area contributed by atoms with Crippen LogP contribution in [0.25, 0.3) is 106 Å². The quantitative estimate of drug-likeness (QED) is 0.171. The molecular formula is C50H31N5O. The number of furan rings is 1. The fourth-order valence-electron chi connectivity index (χ4n) is 7.75. The van der Waals surface area contributed by atoms with Crippen LogP contribution in [0, 0.1) is 0 Å². The second-order valence-corrected chi connectivity index (χ2v) is 13.9. The number of benzene rings is 7. The van der Waals surface area contributed by atoms with Crippen LogP contribution in [0.1, 0.15) is 0 Å². The molecule has 4 aromatic heterocycles. The summed E-state index contributed by atoms with van der Waals surface area (Å²) in [5, 5.41) is 4.35. The second-order valence-electron chi connectivity index (χ2n) is 13.9.